The number of nitrogens with zero attached hydrogens (tertiary/aromatic N) is 1. The van der Waals surface area contributed by atoms with Gasteiger partial charge in [0, 0.05) is 23.9 Å². The molecule has 5 heteroatoms. The van der Waals surface area contributed by atoms with Crippen molar-refractivity contribution >= 4 is 28.6 Å². The molecule has 1 aromatic carbocycles. The number of benzene rings is 1. The van der Waals surface area contributed by atoms with Crippen molar-refractivity contribution in [2.24, 2.45) is 0 Å². The molecule has 0 radical (unpaired) electrons. The van der Waals surface area contributed by atoms with Crippen LogP contribution in [0.3, 0.4) is 0 Å². The second-order valence-corrected chi connectivity index (χ2v) is 6.11. The fourth-order valence-corrected chi connectivity index (χ4v) is 3.62. The van der Waals surface area contributed by atoms with Gasteiger partial charge in [0.15, 0.2) is 5.60 Å². The molecule has 20 heavy (non-hydrogen) atoms. The van der Waals surface area contributed by atoms with Crippen molar-refractivity contribution in [1.82, 2.24) is 10.3 Å². The van der Waals surface area contributed by atoms with Crippen LogP contribution in [0, 0.1) is 0 Å². The van der Waals surface area contributed by atoms with Crippen molar-refractivity contribution in [3.8, 4) is 0 Å². The minimum Gasteiger partial charge on any atom is -0.379 e. The lowest BCUT2D eigenvalue weighted by Crippen LogP contribution is -2.46. The predicted molar refractivity (Wildman–Crippen MR) is 80.5 cm³/mol. The van der Waals surface area contributed by atoms with Crippen LogP contribution in [0.15, 0.2) is 36.5 Å². The normalized spacial score (nSPS) is 22.1. The number of pyridine rings is 1. The summed E-state index contributed by atoms with van der Waals surface area (Å²) in [6, 6.07) is 9.78. The van der Waals surface area contributed by atoms with Gasteiger partial charge in [-0.15, -0.1) is 0 Å². The van der Waals surface area contributed by atoms with Gasteiger partial charge >= 0.3 is 0 Å². The number of aromatic nitrogens is 1. The Morgan fingerprint density at radius 1 is 1.40 bits per heavy atom. The van der Waals surface area contributed by atoms with Crippen LogP contribution in [-0.2, 0) is 11.3 Å². The number of fused-ring (bicyclic) bond motifs is 1. The highest BCUT2D eigenvalue weighted by Gasteiger charge is 2.39. The molecule has 1 aromatic heterocycles. The van der Waals surface area contributed by atoms with Gasteiger partial charge in [0.25, 0.3) is 5.91 Å². The van der Waals surface area contributed by atoms with Crippen LogP contribution in [0.25, 0.3) is 10.9 Å². The number of carbonyl (C=O) groups is 1. The second-order valence-electron chi connectivity index (χ2n) is 5.01. The smallest absolute Gasteiger partial charge is 0.253 e. The number of amides is 1. The summed E-state index contributed by atoms with van der Waals surface area (Å²) >= 11 is 1.61. The lowest BCUT2D eigenvalue weighted by atomic mass is 10.0. The fraction of sp³-hybridized carbons (Fsp3) is 0.333. The second kappa shape index (κ2) is 5.42. The average Bonchev–Trinajstić information content (AvgIpc) is 2.93. The lowest BCUT2D eigenvalue weighted by Gasteiger charge is -2.20. The summed E-state index contributed by atoms with van der Waals surface area (Å²) in [7, 11) is 0. The number of rotatable bonds is 3. The molecule has 4 nitrogen and oxygen atoms in total. The minimum atomic E-state index is -1.21. The molecule has 3 rings (SSSR count). The third-order valence-electron chi connectivity index (χ3n) is 3.58. The summed E-state index contributed by atoms with van der Waals surface area (Å²) in [4.78, 5) is 16.4. The van der Waals surface area contributed by atoms with Crippen LogP contribution >= 0.6 is 11.8 Å². The maximum atomic E-state index is 12.1. The summed E-state index contributed by atoms with van der Waals surface area (Å²) in [6.07, 6.45) is 2.27. The predicted octanol–water partition coefficient (Wildman–Crippen LogP) is 1.72. The van der Waals surface area contributed by atoms with Gasteiger partial charge in [-0.3, -0.25) is 9.78 Å². The molecule has 2 heterocycles. The van der Waals surface area contributed by atoms with Crippen molar-refractivity contribution in [3.05, 3.63) is 42.1 Å². The van der Waals surface area contributed by atoms with E-state index in [0.717, 1.165) is 22.2 Å². The Kier molecular flexibility index (Phi) is 3.63. The maximum Gasteiger partial charge on any atom is 0.253 e. The van der Waals surface area contributed by atoms with E-state index in [9.17, 15) is 9.90 Å². The third kappa shape index (κ3) is 2.51. The molecule has 1 atom stereocenters. The minimum absolute atomic E-state index is 0.282. The van der Waals surface area contributed by atoms with Gasteiger partial charge in [0.05, 0.1) is 5.52 Å². The molecule has 1 unspecified atom stereocenters. The maximum absolute atomic E-state index is 12.1. The number of para-hydroxylation sites is 1. The fourth-order valence-electron chi connectivity index (χ4n) is 2.38. The molecule has 0 saturated carbocycles. The SMILES string of the molecule is O=C(NCc1cccc2cccnc12)C1(O)CCSC1. The average molecular weight is 288 g/mol. The highest BCUT2D eigenvalue weighted by molar-refractivity contribution is 7.99. The van der Waals surface area contributed by atoms with Crippen LogP contribution in [0.1, 0.15) is 12.0 Å². The quantitative estimate of drug-likeness (QED) is 0.903. The van der Waals surface area contributed by atoms with E-state index < -0.39 is 5.60 Å². The summed E-state index contributed by atoms with van der Waals surface area (Å²) in [5.74, 6) is 1.03. The monoisotopic (exact) mass is 288 g/mol. The molecular formula is C15H16N2O2S. The van der Waals surface area contributed by atoms with E-state index in [0.29, 0.717) is 18.7 Å². The molecule has 0 spiro atoms. The molecule has 1 aliphatic heterocycles. The topological polar surface area (TPSA) is 62.2 Å². The van der Waals surface area contributed by atoms with Crippen LogP contribution in [0.4, 0.5) is 0 Å². The highest BCUT2D eigenvalue weighted by Crippen LogP contribution is 2.28. The first-order valence-corrected chi connectivity index (χ1v) is 7.76. The van der Waals surface area contributed by atoms with Crippen LogP contribution < -0.4 is 5.32 Å². The summed E-state index contributed by atoms with van der Waals surface area (Å²) < 4.78 is 0. The molecule has 1 fully saturated rings. The highest BCUT2D eigenvalue weighted by atomic mass is 32.2. The molecule has 0 aliphatic carbocycles. The molecule has 2 N–H and O–H groups in total. The number of aliphatic hydroxyl groups is 1. The molecule has 2 aromatic rings. The van der Waals surface area contributed by atoms with E-state index in [1.54, 1.807) is 18.0 Å². The Balaban J connectivity index is 1.76. The zero-order valence-electron chi connectivity index (χ0n) is 11.0. The van der Waals surface area contributed by atoms with Crippen LogP contribution in [-0.4, -0.2) is 33.1 Å². The summed E-state index contributed by atoms with van der Waals surface area (Å²) in [6.45, 7) is 0.389. The van der Waals surface area contributed by atoms with Gasteiger partial charge in [0.1, 0.15) is 0 Å². The first kappa shape index (κ1) is 13.4. The number of hydrogen-bond acceptors (Lipinski definition) is 4. The first-order valence-electron chi connectivity index (χ1n) is 6.60. The van der Waals surface area contributed by atoms with E-state index in [1.165, 1.54) is 0 Å². The van der Waals surface area contributed by atoms with E-state index in [1.807, 2.05) is 30.3 Å². The molecule has 0 bridgehead atoms. The summed E-state index contributed by atoms with van der Waals surface area (Å²) in [5, 5.41) is 14.1. The Hall–Kier alpha value is -1.59. The molecule has 104 valence electrons. The van der Waals surface area contributed by atoms with Crippen molar-refractivity contribution in [3.63, 3.8) is 0 Å². The Labute approximate surface area is 121 Å². The van der Waals surface area contributed by atoms with Gasteiger partial charge in [-0.25, -0.2) is 0 Å². The van der Waals surface area contributed by atoms with Crippen molar-refractivity contribution in [1.29, 1.82) is 0 Å². The van der Waals surface area contributed by atoms with Crippen LogP contribution in [0.5, 0.6) is 0 Å². The Morgan fingerprint density at radius 3 is 3.05 bits per heavy atom. The number of nitrogens with one attached hydrogen (secondary N) is 1. The van der Waals surface area contributed by atoms with E-state index in [2.05, 4.69) is 10.3 Å². The number of hydrogen-bond donors (Lipinski definition) is 2. The third-order valence-corrected chi connectivity index (χ3v) is 4.75. The molecule has 1 aliphatic rings. The van der Waals surface area contributed by atoms with E-state index in [4.69, 9.17) is 0 Å². The van der Waals surface area contributed by atoms with Gasteiger partial charge in [-0.05, 0) is 23.8 Å². The van der Waals surface area contributed by atoms with Crippen molar-refractivity contribution in [2.45, 2.75) is 18.6 Å². The lowest BCUT2D eigenvalue weighted by molar-refractivity contribution is -0.137. The molecule has 1 amide bonds. The first-order chi connectivity index (χ1) is 9.69. The van der Waals surface area contributed by atoms with Gasteiger partial charge in [0.2, 0.25) is 0 Å². The Bertz CT molecular complexity index is 633. The summed E-state index contributed by atoms with van der Waals surface area (Å²) in [5.41, 5.74) is 0.650. The van der Waals surface area contributed by atoms with E-state index >= 15 is 0 Å². The molecular weight excluding hydrogens is 272 g/mol. The zero-order chi connectivity index (χ0) is 14.0. The number of carbonyl (C=O) groups excluding carboxylic acids is 1. The van der Waals surface area contributed by atoms with Gasteiger partial charge in [-0.1, -0.05) is 24.3 Å². The largest absolute Gasteiger partial charge is 0.379 e. The van der Waals surface area contributed by atoms with Crippen molar-refractivity contribution in [2.75, 3.05) is 11.5 Å². The Morgan fingerprint density at radius 2 is 2.25 bits per heavy atom. The zero-order valence-corrected chi connectivity index (χ0v) is 11.8. The standard InChI is InChI=1S/C15H16N2O2S/c18-14(15(19)6-8-20-10-15)17-9-12-4-1-3-11-5-2-7-16-13(11)12/h1-5,7,19H,6,8-10H2,(H,17,18). The van der Waals surface area contributed by atoms with Gasteiger partial charge < -0.3 is 10.4 Å². The molecule has 1 saturated heterocycles. The van der Waals surface area contributed by atoms with Crippen LogP contribution in [0.2, 0.25) is 0 Å². The number of thioether (sulfide) groups is 1. The van der Waals surface area contributed by atoms with Gasteiger partial charge in [-0.2, -0.15) is 11.8 Å². The van der Waals surface area contributed by atoms with E-state index in [-0.39, 0.29) is 5.91 Å². The van der Waals surface area contributed by atoms with Crippen molar-refractivity contribution < 1.29 is 9.90 Å².